The second kappa shape index (κ2) is 12.3. The molecule has 0 spiro atoms. The van der Waals surface area contributed by atoms with Crippen LogP contribution >= 0.6 is 11.6 Å². The van der Waals surface area contributed by atoms with Gasteiger partial charge in [0.25, 0.3) is 11.8 Å². The maximum atomic E-state index is 13.2. The van der Waals surface area contributed by atoms with E-state index in [0.29, 0.717) is 22.9 Å². The Labute approximate surface area is 191 Å². The molecule has 12 heteroatoms. The molecule has 2 amide bonds. The maximum Gasteiger partial charge on any atom is 0.419 e. The van der Waals surface area contributed by atoms with Crippen LogP contribution in [0.5, 0.6) is 11.5 Å². The second-order valence-electron chi connectivity index (χ2n) is 6.77. The van der Waals surface area contributed by atoms with Crippen molar-refractivity contribution in [2.24, 2.45) is 0 Å². The zero-order valence-corrected chi connectivity index (χ0v) is 17.9. The van der Waals surface area contributed by atoms with E-state index >= 15 is 0 Å². The van der Waals surface area contributed by atoms with Crippen LogP contribution in [0.25, 0.3) is 0 Å². The van der Waals surface area contributed by atoms with Gasteiger partial charge in [-0.15, -0.1) is 0 Å². The van der Waals surface area contributed by atoms with Crippen molar-refractivity contribution in [2.45, 2.75) is 18.7 Å². The normalized spacial score (nSPS) is 12.1. The molecular formula is C21H21ClF4N2O5. The Hall–Kier alpha value is -3.05. The lowest BCUT2D eigenvalue weighted by Crippen LogP contribution is -2.37. The molecule has 0 aromatic heterocycles. The number of nitrogens with one attached hydrogen (secondary N) is 2. The van der Waals surface area contributed by atoms with E-state index in [1.165, 1.54) is 0 Å². The third-order valence-corrected chi connectivity index (χ3v) is 4.38. The number of ether oxygens (including phenoxy) is 2. The molecule has 0 fully saturated rings. The van der Waals surface area contributed by atoms with Gasteiger partial charge >= 0.3 is 6.18 Å². The first kappa shape index (κ1) is 26.2. The van der Waals surface area contributed by atoms with Crippen molar-refractivity contribution in [1.82, 2.24) is 10.6 Å². The summed E-state index contributed by atoms with van der Waals surface area (Å²) < 4.78 is 61.5. The van der Waals surface area contributed by atoms with Crippen LogP contribution < -0.4 is 20.1 Å². The summed E-state index contributed by atoms with van der Waals surface area (Å²) in [6.45, 7) is -0.914. The summed E-state index contributed by atoms with van der Waals surface area (Å²) in [6, 6.07) is 8.46. The predicted molar refractivity (Wildman–Crippen MR) is 110 cm³/mol. The molecule has 2 aromatic carbocycles. The highest BCUT2D eigenvalue weighted by Crippen LogP contribution is 2.33. The van der Waals surface area contributed by atoms with Gasteiger partial charge < -0.3 is 25.2 Å². The summed E-state index contributed by atoms with van der Waals surface area (Å²) in [5.41, 5.74) is -1.50. The number of rotatable bonds is 11. The van der Waals surface area contributed by atoms with Gasteiger partial charge in [-0.1, -0.05) is 11.6 Å². The van der Waals surface area contributed by atoms with Crippen molar-refractivity contribution in [1.29, 1.82) is 0 Å². The molecule has 0 unspecified atom stereocenters. The summed E-state index contributed by atoms with van der Waals surface area (Å²) in [5, 5.41) is 15.3. The molecule has 0 bridgehead atoms. The van der Waals surface area contributed by atoms with E-state index in [4.69, 9.17) is 21.1 Å². The van der Waals surface area contributed by atoms with E-state index in [-0.39, 0.29) is 31.9 Å². The van der Waals surface area contributed by atoms with E-state index in [2.05, 4.69) is 10.6 Å². The highest BCUT2D eigenvalue weighted by Gasteiger charge is 2.34. The number of carbonyl (C=O) groups is 2. The summed E-state index contributed by atoms with van der Waals surface area (Å²) in [4.78, 5) is 23.5. The van der Waals surface area contributed by atoms with Crippen molar-refractivity contribution >= 4 is 23.4 Å². The van der Waals surface area contributed by atoms with Gasteiger partial charge in [0.2, 0.25) is 0 Å². The van der Waals surface area contributed by atoms with Crippen LogP contribution in [-0.2, 0) is 15.8 Å². The molecule has 180 valence electrons. The van der Waals surface area contributed by atoms with Gasteiger partial charge in [-0.3, -0.25) is 9.59 Å². The van der Waals surface area contributed by atoms with E-state index in [9.17, 15) is 32.3 Å². The fraction of sp³-hybridized carbons (Fsp3) is 0.333. The third kappa shape index (κ3) is 9.54. The zero-order valence-electron chi connectivity index (χ0n) is 17.1. The Morgan fingerprint density at radius 2 is 1.55 bits per heavy atom. The van der Waals surface area contributed by atoms with Crippen molar-refractivity contribution in [3.05, 3.63) is 58.9 Å². The van der Waals surface area contributed by atoms with Crippen molar-refractivity contribution in [3.63, 3.8) is 0 Å². The lowest BCUT2D eigenvalue weighted by Gasteiger charge is -2.14. The number of hydrogen-bond acceptors (Lipinski definition) is 5. The fourth-order valence-corrected chi connectivity index (χ4v) is 2.58. The Kier molecular flexibility index (Phi) is 9.74. The van der Waals surface area contributed by atoms with Crippen molar-refractivity contribution in [2.75, 3.05) is 26.3 Å². The Balaban J connectivity index is 1.62. The molecule has 2 rings (SSSR count). The van der Waals surface area contributed by atoms with E-state index in [1.54, 1.807) is 24.3 Å². The average Bonchev–Trinajstić information content (AvgIpc) is 2.76. The van der Waals surface area contributed by atoms with Crippen LogP contribution in [0.1, 0.15) is 12.0 Å². The summed E-state index contributed by atoms with van der Waals surface area (Å²) in [5.74, 6) is -2.43. The van der Waals surface area contributed by atoms with E-state index in [1.807, 2.05) is 0 Å². The maximum absolute atomic E-state index is 13.2. The molecule has 33 heavy (non-hydrogen) atoms. The average molecular weight is 493 g/mol. The van der Waals surface area contributed by atoms with Crippen LogP contribution in [0.4, 0.5) is 17.6 Å². The number of halogens is 5. The van der Waals surface area contributed by atoms with Gasteiger partial charge in [-0.05, 0) is 48.9 Å². The largest absolute Gasteiger partial charge is 0.484 e. The summed E-state index contributed by atoms with van der Waals surface area (Å²) in [7, 11) is 0. The zero-order chi connectivity index (χ0) is 24.4. The minimum atomic E-state index is -4.90. The molecule has 0 aliphatic rings. The predicted octanol–water partition coefficient (Wildman–Crippen LogP) is 2.94. The van der Waals surface area contributed by atoms with Crippen LogP contribution in [-0.4, -0.2) is 49.3 Å². The van der Waals surface area contributed by atoms with E-state index in [0.717, 1.165) is 6.07 Å². The lowest BCUT2D eigenvalue weighted by atomic mass is 10.2. The minimum absolute atomic E-state index is 0.117. The number of alkyl halides is 3. The van der Waals surface area contributed by atoms with Gasteiger partial charge in [0.1, 0.15) is 17.3 Å². The molecule has 0 heterocycles. The third-order valence-electron chi connectivity index (χ3n) is 4.13. The first-order valence-corrected chi connectivity index (χ1v) is 10.0. The number of amides is 2. The summed E-state index contributed by atoms with van der Waals surface area (Å²) in [6.07, 6.45) is -5.76. The molecule has 0 aliphatic heterocycles. The molecule has 7 nitrogen and oxygen atoms in total. The topological polar surface area (TPSA) is 96.9 Å². The molecule has 0 saturated carbocycles. The fourth-order valence-electron chi connectivity index (χ4n) is 2.45. The number of benzene rings is 2. The number of aliphatic hydroxyl groups excluding tert-OH is 1. The Morgan fingerprint density at radius 3 is 2.18 bits per heavy atom. The molecule has 0 radical (unpaired) electrons. The monoisotopic (exact) mass is 492 g/mol. The molecule has 3 N–H and O–H groups in total. The molecular weight excluding hydrogens is 472 g/mol. The van der Waals surface area contributed by atoms with Crippen molar-refractivity contribution < 1.29 is 41.7 Å². The molecule has 2 aromatic rings. The van der Waals surface area contributed by atoms with Crippen LogP contribution in [0.2, 0.25) is 5.02 Å². The lowest BCUT2D eigenvalue weighted by molar-refractivity contribution is -0.140. The number of carbonyl (C=O) groups excluding carboxylic acids is 2. The molecule has 1 atom stereocenters. The molecule has 0 aliphatic carbocycles. The smallest absolute Gasteiger partial charge is 0.419 e. The van der Waals surface area contributed by atoms with Crippen LogP contribution in [0.3, 0.4) is 0 Å². The van der Waals surface area contributed by atoms with E-state index < -0.39 is 42.1 Å². The highest BCUT2D eigenvalue weighted by molar-refractivity contribution is 6.30. The van der Waals surface area contributed by atoms with Gasteiger partial charge in [-0.25, -0.2) is 4.39 Å². The highest BCUT2D eigenvalue weighted by atomic mass is 35.5. The number of hydrogen-bond donors (Lipinski definition) is 3. The SMILES string of the molecule is O=C(COc1ccc(Cl)cc1)NCC[C@H](O)CNC(=O)COc1ccc(F)c(C(F)(F)F)c1. The first-order chi connectivity index (χ1) is 15.5. The quantitative estimate of drug-likeness (QED) is 0.419. The van der Waals surface area contributed by atoms with Gasteiger partial charge in [0.15, 0.2) is 13.2 Å². The molecule has 0 saturated heterocycles. The standard InChI is InChI=1S/C21H21ClF4N2O5/c22-13-1-3-15(4-2-13)32-11-19(30)27-8-7-14(29)10-28-20(31)12-33-16-5-6-18(23)17(9-16)21(24,25)26/h1-6,9,14,29H,7-8,10-12H2,(H,27,30)(H,28,31)/t14-/m0/s1. The van der Waals surface area contributed by atoms with Gasteiger partial charge in [-0.2, -0.15) is 13.2 Å². The second-order valence-corrected chi connectivity index (χ2v) is 7.20. The van der Waals surface area contributed by atoms with Crippen molar-refractivity contribution in [3.8, 4) is 11.5 Å². The Morgan fingerprint density at radius 1 is 0.970 bits per heavy atom. The summed E-state index contributed by atoms with van der Waals surface area (Å²) >= 11 is 5.75. The van der Waals surface area contributed by atoms with Gasteiger partial charge in [0, 0.05) is 18.1 Å². The van der Waals surface area contributed by atoms with Gasteiger partial charge in [0.05, 0.1) is 11.7 Å². The number of aliphatic hydroxyl groups is 1. The van der Waals surface area contributed by atoms with Crippen LogP contribution in [0.15, 0.2) is 42.5 Å². The minimum Gasteiger partial charge on any atom is -0.484 e. The Bertz CT molecular complexity index is 941. The van der Waals surface area contributed by atoms with Crippen LogP contribution in [0, 0.1) is 5.82 Å². The first-order valence-electron chi connectivity index (χ1n) is 9.64.